The third-order valence-corrected chi connectivity index (χ3v) is 5.85. The molecule has 1 N–H and O–H groups in total. The fourth-order valence-electron chi connectivity index (χ4n) is 4.25. The summed E-state index contributed by atoms with van der Waals surface area (Å²) in [6.07, 6.45) is 1.18. The summed E-state index contributed by atoms with van der Waals surface area (Å²) in [5.74, 6) is 0.537. The standard InChI is InChI=1S/C21H30ClFN4O2/c1-15-9-16(2)12-27(11-15)21(29)14-26-7-5-25(6-8-26)13-20(28)24-19-10-17(22)3-4-18(19)23/h3-4,10,15-16H,5-9,11-14H2,1-2H3,(H,24,28)/t15-,16-/m1/s1. The Labute approximate surface area is 177 Å². The number of hydrogen-bond donors (Lipinski definition) is 1. The molecule has 0 unspecified atom stereocenters. The zero-order valence-corrected chi connectivity index (χ0v) is 17.9. The molecule has 2 amide bonds. The normalized spacial score (nSPS) is 23.8. The fourth-order valence-corrected chi connectivity index (χ4v) is 4.42. The first-order valence-electron chi connectivity index (χ1n) is 10.3. The summed E-state index contributed by atoms with van der Waals surface area (Å²) in [6, 6.07) is 4.08. The molecule has 1 aromatic rings. The van der Waals surface area contributed by atoms with Crippen molar-refractivity contribution in [2.75, 3.05) is 57.7 Å². The van der Waals surface area contributed by atoms with E-state index in [-0.39, 0.29) is 24.0 Å². The van der Waals surface area contributed by atoms with Crippen molar-refractivity contribution in [3.8, 4) is 0 Å². The number of hydrogen-bond acceptors (Lipinski definition) is 4. The van der Waals surface area contributed by atoms with Gasteiger partial charge in [0.05, 0.1) is 18.8 Å². The van der Waals surface area contributed by atoms with E-state index in [1.54, 1.807) is 0 Å². The molecule has 3 rings (SSSR count). The topological polar surface area (TPSA) is 55.9 Å². The van der Waals surface area contributed by atoms with Crippen molar-refractivity contribution in [2.45, 2.75) is 20.3 Å². The van der Waals surface area contributed by atoms with Crippen LogP contribution in [0.3, 0.4) is 0 Å². The van der Waals surface area contributed by atoms with Gasteiger partial charge in [-0.1, -0.05) is 25.4 Å². The van der Waals surface area contributed by atoms with Crippen LogP contribution in [0.25, 0.3) is 0 Å². The van der Waals surface area contributed by atoms with Gasteiger partial charge >= 0.3 is 0 Å². The SMILES string of the molecule is C[C@@H]1C[C@@H](C)CN(C(=O)CN2CCN(CC(=O)Nc3cc(Cl)ccc3F)CC2)C1. The Morgan fingerprint density at radius 2 is 1.66 bits per heavy atom. The van der Waals surface area contributed by atoms with Crippen molar-refractivity contribution >= 4 is 29.1 Å². The summed E-state index contributed by atoms with van der Waals surface area (Å²) >= 11 is 5.86. The van der Waals surface area contributed by atoms with E-state index >= 15 is 0 Å². The van der Waals surface area contributed by atoms with E-state index < -0.39 is 5.82 Å². The number of likely N-dealkylation sites (tertiary alicyclic amines) is 1. The molecule has 1 aromatic carbocycles. The van der Waals surface area contributed by atoms with Crippen molar-refractivity contribution < 1.29 is 14.0 Å². The minimum Gasteiger partial charge on any atom is -0.341 e. The van der Waals surface area contributed by atoms with E-state index in [2.05, 4.69) is 24.1 Å². The van der Waals surface area contributed by atoms with Crippen LogP contribution in [-0.4, -0.2) is 78.9 Å². The van der Waals surface area contributed by atoms with Gasteiger partial charge in [0, 0.05) is 44.3 Å². The zero-order valence-electron chi connectivity index (χ0n) is 17.2. The first-order valence-corrected chi connectivity index (χ1v) is 10.7. The fraction of sp³-hybridized carbons (Fsp3) is 0.619. The molecule has 0 radical (unpaired) electrons. The lowest BCUT2D eigenvalue weighted by Crippen LogP contribution is -2.52. The van der Waals surface area contributed by atoms with Gasteiger partial charge in [0.25, 0.3) is 0 Å². The smallest absolute Gasteiger partial charge is 0.238 e. The molecule has 160 valence electrons. The lowest BCUT2D eigenvalue weighted by Gasteiger charge is -2.38. The van der Waals surface area contributed by atoms with Gasteiger partial charge in [-0.15, -0.1) is 0 Å². The Morgan fingerprint density at radius 3 is 2.28 bits per heavy atom. The highest BCUT2D eigenvalue weighted by atomic mass is 35.5. The van der Waals surface area contributed by atoms with Gasteiger partial charge in [-0.3, -0.25) is 19.4 Å². The lowest BCUT2D eigenvalue weighted by molar-refractivity contribution is -0.135. The first kappa shape index (κ1) is 22.0. The van der Waals surface area contributed by atoms with E-state index in [1.165, 1.54) is 24.6 Å². The maximum atomic E-state index is 13.8. The Balaban J connectivity index is 1.41. The average molecular weight is 425 g/mol. The Bertz CT molecular complexity index is 729. The Kier molecular flexibility index (Phi) is 7.49. The molecule has 2 heterocycles. The van der Waals surface area contributed by atoms with Gasteiger partial charge in [0.15, 0.2) is 0 Å². The van der Waals surface area contributed by atoms with E-state index in [4.69, 9.17) is 11.6 Å². The predicted octanol–water partition coefficient (Wildman–Crippen LogP) is 2.54. The van der Waals surface area contributed by atoms with Crippen molar-refractivity contribution in [1.82, 2.24) is 14.7 Å². The molecule has 2 aliphatic heterocycles. The van der Waals surface area contributed by atoms with E-state index in [1.807, 2.05) is 9.80 Å². The highest BCUT2D eigenvalue weighted by Gasteiger charge is 2.27. The van der Waals surface area contributed by atoms with Gasteiger partial charge in [-0.05, 0) is 36.5 Å². The zero-order chi connectivity index (χ0) is 21.0. The van der Waals surface area contributed by atoms with Crippen LogP contribution in [-0.2, 0) is 9.59 Å². The molecule has 0 saturated carbocycles. The van der Waals surface area contributed by atoms with Crippen LogP contribution in [0.15, 0.2) is 18.2 Å². The van der Waals surface area contributed by atoms with Crippen LogP contribution in [0.1, 0.15) is 20.3 Å². The number of nitrogens with zero attached hydrogens (tertiary/aromatic N) is 3. The molecule has 0 aromatic heterocycles. The summed E-state index contributed by atoms with van der Waals surface area (Å²) in [4.78, 5) is 31.0. The van der Waals surface area contributed by atoms with Crippen LogP contribution < -0.4 is 5.32 Å². The molecule has 8 heteroatoms. The molecular formula is C21H30ClFN4O2. The molecule has 6 nitrogen and oxygen atoms in total. The molecule has 2 atom stereocenters. The van der Waals surface area contributed by atoms with Gasteiger partial charge < -0.3 is 10.2 Å². The molecule has 2 saturated heterocycles. The number of carbonyl (C=O) groups excluding carboxylic acids is 2. The molecule has 29 heavy (non-hydrogen) atoms. The molecule has 2 aliphatic rings. The number of piperidine rings is 1. The van der Waals surface area contributed by atoms with Crippen LogP contribution in [0.4, 0.5) is 10.1 Å². The van der Waals surface area contributed by atoms with Crippen molar-refractivity contribution in [3.63, 3.8) is 0 Å². The van der Waals surface area contributed by atoms with Crippen LogP contribution >= 0.6 is 11.6 Å². The monoisotopic (exact) mass is 424 g/mol. The minimum absolute atomic E-state index is 0.0942. The molecule has 2 fully saturated rings. The number of carbonyl (C=O) groups is 2. The maximum absolute atomic E-state index is 13.8. The maximum Gasteiger partial charge on any atom is 0.238 e. The van der Waals surface area contributed by atoms with Gasteiger partial charge in [-0.25, -0.2) is 4.39 Å². The Morgan fingerprint density at radius 1 is 1.07 bits per heavy atom. The number of rotatable bonds is 5. The number of amides is 2. The van der Waals surface area contributed by atoms with Crippen LogP contribution in [0, 0.1) is 17.7 Å². The third-order valence-electron chi connectivity index (χ3n) is 5.62. The average Bonchev–Trinajstić information content (AvgIpc) is 2.65. The van der Waals surface area contributed by atoms with Gasteiger partial charge in [-0.2, -0.15) is 0 Å². The van der Waals surface area contributed by atoms with Gasteiger partial charge in [0.2, 0.25) is 11.8 Å². The quantitative estimate of drug-likeness (QED) is 0.789. The largest absolute Gasteiger partial charge is 0.341 e. The highest BCUT2D eigenvalue weighted by molar-refractivity contribution is 6.30. The molecule has 0 bridgehead atoms. The van der Waals surface area contributed by atoms with Crippen molar-refractivity contribution in [2.24, 2.45) is 11.8 Å². The Hall–Kier alpha value is -1.70. The minimum atomic E-state index is -0.507. The van der Waals surface area contributed by atoms with Crippen LogP contribution in [0.2, 0.25) is 5.02 Å². The molecule has 0 spiro atoms. The van der Waals surface area contributed by atoms with Crippen LogP contribution in [0.5, 0.6) is 0 Å². The second-order valence-corrected chi connectivity index (χ2v) is 8.91. The van der Waals surface area contributed by atoms with E-state index in [9.17, 15) is 14.0 Å². The van der Waals surface area contributed by atoms with E-state index in [0.29, 0.717) is 36.5 Å². The molecular weight excluding hydrogens is 395 g/mol. The number of anilines is 1. The summed E-state index contributed by atoms with van der Waals surface area (Å²) in [5, 5.41) is 2.95. The summed E-state index contributed by atoms with van der Waals surface area (Å²) in [6.45, 7) is 9.61. The molecule has 0 aliphatic carbocycles. The number of halogens is 2. The summed E-state index contributed by atoms with van der Waals surface area (Å²) in [5.41, 5.74) is 0.0942. The number of nitrogens with one attached hydrogen (secondary N) is 1. The number of benzene rings is 1. The first-order chi connectivity index (χ1) is 13.8. The second kappa shape index (κ2) is 9.87. The predicted molar refractivity (Wildman–Crippen MR) is 112 cm³/mol. The highest BCUT2D eigenvalue weighted by Crippen LogP contribution is 2.21. The summed E-state index contributed by atoms with van der Waals surface area (Å²) in [7, 11) is 0. The summed E-state index contributed by atoms with van der Waals surface area (Å²) < 4.78 is 13.8. The lowest BCUT2D eigenvalue weighted by atomic mass is 9.92. The second-order valence-electron chi connectivity index (χ2n) is 8.47. The third kappa shape index (κ3) is 6.39. The van der Waals surface area contributed by atoms with Crippen molar-refractivity contribution in [1.29, 1.82) is 0 Å². The van der Waals surface area contributed by atoms with Gasteiger partial charge in [0.1, 0.15) is 5.82 Å². The van der Waals surface area contributed by atoms with E-state index in [0.717, 1.165) is 26.2 Å². The number of piperazine rings is 1. The van der Waals surface area contributed by atoms with Crippen molar-refractivity contribution in [3.05, 3.63) is 29.0 Å².